The van der Waals surface area contributed by atoms with Crippen molar-refractivity contribution in [1.29, 1.82) is 0 Å². The van der Waals surface area contributed by atoms with Crippen molar-refractivity contribution in [1.82, 2.24) is 5.32 Å². The summed E-state index contributed by atoms with van der Waals surface area (Å²) in [5, 5.41) is 12.5. The Morgan fingerprint density at radius 1 is 1.05 bits per heavy atom. The SMILES string of the molecule is CC1(C(=O)O)CCCCC1NC(=O)C1CCCCC1. The third-order valence-corrected chi connectivity index (χ3v) is 4.99. The molecule has 2 aliphatic carbocycles. The molecule has 2 aliphatic rings. The fourth-order valence-electron chi connectivity index (χ4n) is 3.48. The highest BCUT2D eigenvalue weighted by molar-refractivity contribution is 5.81. The molecular formula is C15H25NO3. The molecule has 2 fully saturated rings. The van der Waals surface area contributed by atoms with Crippen molar-refractivity contribution in [2.75, 3.05) is 0 Å². The molecule has 19 heavy (non-hydrogen) atoms. The van der Waals surface area contributed by atoms with Crippen molar-refractivity contribution in [2.45, 2.75) is 70.8 Å². The van der Waals surface area contributed by atoms with Gasteiger partial charge < -0.3 is 10.4 Å². The Balaban J connectivity index is 1.99. The van der Waals surface area contributed by atoms with Gasteiger partial charge in [0.15, 0.2) is 0 Å². The third-order valence-electron chi connectivity index (χ3n) is 4.99. The number of nitrogens with one attached hydrogen (secondary N) is 1. The van der Waals surface area contributed by atoms with E-state index >= 15 is 0 Å². The monoisotopic (exact) mass is 267 g/mol. The zero-order valence-electron chi connectivity index (χ0n) is 11.8. The summed E-state index contributed by atoms with van der Waals surface area (Å²) in [6.45, 7) is 1.78. The minimum Gasteiger partial charge on any atom is -0.481 e. The molecule has 4 nitrogen and oxygen atoms in total. The van der Waals surface area contributed by atoms with Gasteiger partial charge in [-0.2, -0.15) is 0 Å². The molecule has 2 unspecified atom stereocenters. The van der Waals surface area contributed by atoms with Crippen LogP contribution in [0.2, 0.25) is 0 Å². The molecule has 2 atom stereocenters. The lowest BCUT2D eigenvalue weighted by molar-refractivity contribution is -0.152. The minimum absolute atomic E-state index is 0.0825. The zero-order valence-corrected chi connectivity index (χ0v) is 11.8. The highest BCUT2D eigenvalue weighted by Crippen LogP contribution is 2.37. The van der Waals surface area contributed by atoms with Gasteiger partial charge in [-0.15, -0.1) is 0 Å². The average molecular weight is 267 g/mol. The van der Waals surface area contributed by atoms with E-state index in [2.05, 4.69) is 5.32 Å². The maximum absolute atomic E-state index is 12.3. The minimum atomic E-state index is -0.789. The Morgan fingerprint density at radius 2 is 1.68 bits per heavy atom. The Labute approximate surface area is 115 Å². The molecule has 0 aliphatic heterocycles. The van der Waals surface area contributed by atoms with E-state index in [1.807, 2.05) is 0 Å². The lowest BCUT2D eigenvalue weighted by atomic mass is 9.71. The molecular weight excluding hydrogens is 242 g/mol. The Kier molecular flexibility index (Phi) is 4.48. The van der Waals surface area contributed by atoms with Crippen LogP contribution in [0.15, 0.2) is 0 Å². The van der Waals surface area contributed by atoms with Crippen molar-refractivity contribution in [2.24, 2.45) is 11.3 Å². The van der Waals surface area contributed by atoms with E-state index in [1.54, 1.807) is 6.92 Å². The summed E-state index contributed by atoms with van der Waals surface area (Å²) in [5.74, 6) is -0.589. The van der Waals surface area contributed by atoms with Crippen LogP contribution < -0.4 is 5.32 Å². The van der Waals surface area contributed by atoms with Crippen LogP contribution in [-0.4, -0.2) is 23.0 Å². The van der Waals surface area contributed by atoms with Gasteiger partial charge in [-0.05, 0) is 32.6 Å². The molecule has 1 amide bonds. The first-order valence-electron chi connectivity index (χ1n) is 7.58. The Hall–Kier alpha value is -1.06. The standard InChI is InChI=1S/C15H25NO3/c1-15(14(18)19)10-6-5-9-12(15)16-13(17)11-7-3-2-4-8-11/h11-12H,2-10H2,1H3,(H,16,17)(H,18,19). The van der Waals surface area contributed by atoms with E-state index in [4.69, 9.17) is 0 Å². The van der Waals surface area contributed by atoms with Crippen LogP contribution in [0.1, 0.15) is 64.7 Å². The predicted octanol–water partition coefficient (Wildman–Crippen LogP) is 2.72. The second-order valence-corrected chi connectivity index (χ2v) is 6.36. The van der Waals surface area contributed by atoms with Gasteiger partial charge in [-0.25, -0.2) is 0 Å². The molecule has 2 saturated carbocycles. The summed E-state index contributed by atoms with van der Waals surface area (Å²) in [7, 11) is 0. The van der Waals surface area contributed by atoms with E-state index in [0.717, 1.165) is 44.9 Å². The number of carbonyl (C=O) groups excluding carboxylic acids is 1. The summed E-state index contributed by atoms with van der Waals surface area (Å²) in [6, 6.07) is -0.201. The molecule has 108 valence electrons. The van der Waals surface area contributed by atoms with E-state index in [9.17, 15) is 14.7 Å². The molecule has 0 aromatic rings. The van der Waals surface area contributed by atoms with E-state index < -0.39 is 11.4 Å². The number of amides is 1. The number of carboxylic acids is 1. The fourth-order valence-corrected chi connectivity index (χ4v) is 3.48. The average Bonchev–Trinajstić information content (AvgIpc) is 2.42. The first-order chi connectivity index (χ1) is 9.04. The molecule has 0 radical (unpaired) electrons. The van der Waals surface area contributed by atoms with Gasteiger partial charge in [0, 0.05) is 12.0 Å². The van der Waals surface area contributed by atoms with Crippen molar-refractivity contribution in [3.05, 3.63) is 0 Å². The van der Waals surface area contributed by atoms with Gasteiger partial charge in [-0.1, -0.05) is 32.1 Å². The summed E-state index contributed by atoms with van der Waals surface area (Å²) >= 11 is 0. The lowest BCUT2D eigenvalue weighted by Crippen LogP contribution is -2.53. The normalized spacial score (nSPS) is 32.8. The van der Waals surface area contributed by atoms with E-state index in [-0.39, 0.29) is 17.9 Å². The van der Waals surface area contributed by atoms with E-state index in [1.165, 1.54) is 6.42 Å². The maximum atomic E-state index is 12.3. The zero-order chi connectivity index (χ0) is 13.9. The molecule has 0 heterocycles. The molecule has 0 aromatic heterocycles. The third kappa shape index (κ3) is 3.10. The van der Waals surface area contributed by atoms with Crippen LogP contribution in [0, 0.1) is 11.3 Å². The van der Waals surface area contributed by atoms with Crippen LogP contribution >= 0.6 is 0 Å². The van der Waals surface area contributed by atoms with Crippen LogP contribution in [0.25, 0.3) is 0 Å². The molecule has 4 heteroatoms. The number of aliphatic carboxylic acids is 1. The van der Waals surface area contributed by atoms with Gasteiger partial charge in [-0.3, -0.25) is 9.59 Å². The van der Waals surface area contributed by atoms with Crippen LogP contribution in [0.4, 0.5) is 0 Å². The second-order valence-electron chi connectivity index (χ2n) is 6.36. The van der Waals surface area contributed by atoms with Gasteiger partial charge >= 0.3 is 5.97 Å². The van der Waals surface area contributed by atoms with E-state index in [0.29, 0.717) is 6.42 Å². The van der Waals surface area contributed by atoms with Gasteiger partial charge in [0.25, 0.3) is 0 Å². The van der Waals surface area contributed by atoms with Gasteiger partial charge in [0.1, 0.15) is 0 Å². The summed E-state index contributed by atoms with van der Waals surface area (Å²) in [6.07, 6.45) is 8.80. The first kappa shape index (κ1) is 14.4. The van der Waals surface area contributed by atoms with Crippen molar-refractivity contribution < 1.29 is 14.7 Å². The maximum Gasteiger partial charge on any atom is 0.311 e. The van der Waals surface area contributed by atoms with Crippen LogP contribution in [-0.2, 0) is 9.59 Å². The molecule has 0 bridgehead atoms. The number of rotatable bonds is 3. The summed E-state index contributed by atoms with van der Waals surface area (Å²) in [4.78, 5) is 23.8. The predicted molar refractivity (Wildman–Crippen MR) is 72.7 cm³/mol. The second kappa shape index (κ2) is 5.93. The number of hydrogen-bond donors (Lipinski definition) is 2. The molecule has 0 aromatic carbocycles. The highest BCUT2D eigenvalue weighted by Gasteiger charge is 2.44. The topological polar surface area (TPSA) is 66.4 Å². The largest absolute Gasteiger partial charge is 0.481 e. The summed E-state index contributed by atoms with van der Waals surface area (Å²) < 4.78 is 0. The molecule has 0 saturated heterocycles. The van der Waals surface area contributed by atoms with Crippen LogP contribution in [0.5, 0.6) is 0 Å². The van der Waals surface area contributed by atoms with Crippen LogP contribution in [0.3, 0.4) is 0 Å². The number of hydrogen-bond acceptors (Lipinski definition) is 2. The first-order valence-corrected chi connectivity index (χ1v) is 7.58. The number of carboxylic acid groups (broad SMARTS) is 1. The Bertz CT molecular complexity index is 349. The number of carbonyl (C=O) groups is 2. The molecule has 2 rings (SSSR count). The van der Waals surface area contributed by atoms with Gasteiger partial charge in [0.2, 0.25) is 5.91 Å². The molecule has 0 spiro atoms. The lowest BCUT2D eigenvalue weighted by Gasteiger charge is -2.39. The highest BCUT2D eigenvalue weighted by atomic mass is 16.4. The summed E-state index contributed by atoms with van der Waals surface area (Å²) in [5.41, 5.74) is -0.789. The van der Waals surface area contributed by atoms with Crippen molar-refractivity contribution in [3.63, 3.8) is 0 Å². The van der Waals surface area contributed by atoms with Crippen molar-refractivity contribution in [3.8, 4) is 0 Å². The Morgan fingerprint density at radius 3 is 2.32 bits per heavy atom. The fraction of sp³-hybridized carbons (Fsp3) is 0.867. The van der Waals surface area contributed by atoms with Gasteiger partial charge in [0.05, 0.1) is 5.41 Å². The molecule has 2 N–H and O–H groups in total. The smallest absolute Gasteiger partial charge is 0.311 e. The van der Waals surface area contributed by atoms with Crippen molar-refractivity contribution >= 4 is 11.9 Å². The quantitative estimate of drug-likeness (QED) is 0.826.